The van der Waals surface area contributed by atoms with Gasteiger partial charge in [0.15, 0.2) is 0 Å². The Morgan fingerprint density at radius 1 is 1.26 bits per heavy atom. The van der Waals surface area contributed by atoms with Crippen LogP contribution in [-0.4, -0.2) is 30.1 Å². The summed E-state index contributed by atoms with van der Waals surface area (Å²) in [6.45, 7) is 5.82. The van der Waals surface area contributed by atoms with Crippen LogP contribution >= 0.6 is 22.6 Å². The molecule has 1 aromatic rings. The standard InChI is InChI=1S/C16H23IN2/c1-2-15-9-18-16(13-5-6-13)11-19(15)10-12-3-7-14(17)8-4-12/h3-4,7-8,13,15-16,18H,2,5-6,9-11H2,1H3. The van der Waals surface area contributed by atoms with Gasteiger partial charge in [0.2, 0.25) is 0 Å². The van der Waals surface area contributed by atoms with Crippen molar-refractivity contribution in [3.05, 3.63) is 33.4 Å². The summed E-state index contributed by atoms with van der Waals surface area (Å²) in [5.41, 5.74) is 1.45. The predicted octanol–water partition coefficient (Wildman–Crippen LogP) is 3.25. The highest BCUT2D eigenvalue weighted by atomic mass is 127. The van der Waals surface area contributed by atoms with Crippen molar-refractivity contribution >= 4 is 22.6 Å². The van der Waals surface area contributed by atoms with E-state index in [-0.39, 0.29) is 0 Å². The molecule has 0 amide bonds. The van der Waals surface area contributed by atoms with Crippen LogP contribution in [0, 0.1) is 9.49 Å². The Balaban J connectivity index is 1.66. The highest BCUT2D eigenvalue weighted by molar-refractivity contribution is 14.1. The van der Waals surface area contributed by atoms with Crippen molar-refractivity contribution in [2.24, 2.45) is 5.92 Å². The van der Waals surface area contributed by atoms with Crippen molar-refractivity contribution in [2.45, 2.75) is 44.8 Å². The van der Waals surface area contributed by atoms with Crippen LogP contribution in [0.3, 0.4) is 0 Å². The van der Waals surface area contributed by atoms with Gasteiger partial charge in [-0.3, -0.25) is 4.90 Å². The molecule has 0 aromatic heterocycles. The molecule has 1 heterocycles. The van der Waals surface area contributed by atoms with Crippen molar-refractivity contribution in [2.75, 3.05) is 13.1 Å². The molecule has 1 N–H and O–H groups in total. The molecule has 19 heavy (non-hydrogen) atoms. The Kier molecular flexibility index (Phi) is 4.44. The summed E-state index contributed by atoms with van der Waals surface area (Å²) in [4.78, 5) is 2.70. The zero-order chi connectivity index (χ0) is 13.2. The fourth-order valence-corrected chi connectivity index (χ4v) is 3.48. The van der Waals surface area contributed by atoms with Gasteiger partial charge in [-0.15, -0.1) is 0 Å². The quantitative estimate of drug-likeness (QED) is 0.819. The summed E-state index contributed by atoms with van der Waals surface area (Å²) in [7, 11) is 0. The lowest BCUT2D eigenvalue weighted by Gasteiger charge is -2.40. The number of rotatable bonds is 4. The highest BCUT2D eigenvalue weighted by Crippen LogP contribution is 2.34. The summed E-state index contributed by atoms with van der Waals surface area (Å²) in [6.07, 6.45) is 4.12. The van der Waals surface area contributed by atoms with E-state index in [0.29, 0.717) is 6.04 Å². The second-order valence-electron chi connectivity index (χ2n) is 5.97. The van der Waals surface area contributed by atoms with Crippen LogP contribution in [0.1, 0.15) is 31.7 Å². The van der Waals surface area contributed by atoms with Gasteiger partial charge in [0, 0.05) is 35.3 Å². The summed E-state index contributed by atoms with van der Waals surface area (Å²) >= 11 is 2.38. The van der Waals surface area contributed by atoms with E-state index in [0.717, 1.165) is 18.5 Å². The van der Waals surface area contributed by atoms with Crippen molar-refractivity contribution in [1.29, 1.82) is 0 Å². The zero-order valence-electron chi connectivity index (χ0n) is 11.6. The summed E-state index contributed by atoms with van der Waals surface area (Å²) in [5, 5.41) is 3.76. The van der Waals surface area contributed by atoms with Crippen LogP contribution in [0.15, 0.2) is 24.3 Å². The molecular formula is C16H23IN2. The van der Waals surface area contributed by atoms with Crippen LogP contribution in [0.25, 0.3) is 0 Å². The van der Waals surface area contributed by atoms with E-state index in [1.807, 2.05) is 0 Å². The minimum Gasteiger partial charge on any atom is -0.311 e. The minimum absolute atomic E-state index is 0.703. The van der Waals surface area contributed by atoms with Crippen LogP contribution < -0.4 is 5.32 Å². The SMILES string of the molecule is CCC1CNC(C2CC2)CN1Cc1ccc(I)cc1. The maximum Gasteiger partial charge on any atom is 0.0237 e. The molecule has 0 radical (unpaired) electrons. The average molecular weight is 370 g/mol. The molecule has 2 aliphatic rings. The Hall–Kier alpha value is -0.130. The molecule has 1 saturated heterocycles. The maximum absolute atomic E-state index is 3.76. The molecule has 1 aliphatic carbocycles. The third-order valence-electron chi connectivity index (χ3n) is 4.52. The normalized spacial score (nSPS) is 28.5. The maximum atomic E-state index is 3.76. The minimum atomic E-state index is 0.703. The van der Waals surface area contributed by atoms with Crippen molar-refractivity contribution in [1.82, 2.24) is 10.2 Å². The van der Waals surface area contributed by atoms with Gasteiger partial charge in [-0.05, 0) is 65.5 Å². The Labute approximate surface area is 130 Å². The first-order valence-electron chi connectivity index (χ1n) is 7.48. The molecule has 0 bridgehead atoms. The highest BCUT2D eigenvalue weighted by Gasteiger charge is 2.36. The van der Waals surface area contributed by atoms with Gasteiger partial charge in [0.1, 0.15) is 0 Å². The van der Waals surface area contributed by atoms with Gasteiger partial charge >= 0.3 is 0 Å². The molecule has 2 nitrogen and oxygen atoms in total. The number of hydrogen-bond donors (Lipinski definition) is 1. The lowest BCUT2D eigenvalue weighted by molar-refractivity contribution is 0.112. The summed E-state index contributed by atoms with van der Waals surface area (Å²) in [5.74, 6) is 0.956. The molecule has 3 rings (SSSR count). The molecule has 0 spiro atoms. The number of benzene rings is 1. The smallest absolute Gasteiger partial charge is 0.0237 e. The number of hydrogen-bond acceptors (Lipinski definition) is 2. The van der Waals surface area contributed by atoms with Crippen LogP contribution in [-0.2, 0) is 6.54 Å². The van der Waals surface area contributed by atoms with E-state index in [4.69, 9.17) is 0 Å². The number of halogens is 1. The second-order valence-corrected chi connectivity index (χ2v) is 7.22. The third kappa shape index (κ3) is 3.50. The fraction of sp³-hybridized carbons (Fsp3) is 0.625. The van der Waals surface area contributed by atoms with Gasteiger partial charge in [0.25, 0.3) is 0 Å². The van der Waals surface area contributed by atoms with Crippen molar-refractivity contribution in [3.63, 3.8) is 0 Å². The summed E-state index contributed by atoms with van der Waals surface area (Å²) < 4.78 is 1.32. The number of nitrogens with one attached hydrogen (secondary N) is 1. The van der Waals surface area contributed by atoms with E-state index in [2.05, 4.69) is 64.0 Å². The molecule has 2 fully saturated rings. The molecule has 1 aromatic carbocycles. The lowest BCUT2D eigenvalue weighted by atomic mass is 10.0. The second kappa shape index (κ2) is 6.10. The molecule has 1 saturated carbocycles. The molecule has 2 unspecified atom stereocenters. The van der Waals surface area contributed by atoms with Gasteiger partial charge in [-0.25, -0.2) is 0 Å². The Bertz CT molecular complexity index is 413. The Morgan fingerprint density at radius 3 is 2.63 bits per heavy atom. The number of piperazine rings is 1. The predicted molar refractivity (Wildman–Crippen MR) is 88.2 cm³/mol. The average Bonchev–Trinajstić information content (AvgIpc) is 3.26. The van der Waals surface area contributed by atoms with Gasteiger partial charge in [0.05, 0.1) is 0 Å². The first kappa shape index (κ1) is 13.8. The van der Waals surface area contributed by atoms with Gasteiger partial charge in [-0.2, -0.15) is 0 Å². The van der Waals surface area contributed by atoms with Crippen LogP contribution in [0.4, 0.5) is 0 Å². The van der Waals surface area contributed by atoms with Gasteiger partial charge in [-0.1, -0.05) is 19.1 Å². The van der Waals surface area contributed by atoms with Crippen molar-refractivity contribution in [3.8, 4) is 0 Å². The zero-order valence-corrected chi connectivity index (χ0v) is 13.8. The molecule has 3 heteroatoms. The fourth-order valence-electron chi connectivity index (χ4n) is 3.12. The monoisotopic (exact) mass is 370 g/mol. The first-order chi connectivity index (χ1) is 9.26. The molecule has 2 atom stereocenters. The topological polar surface area (TPSA) is 15.3 Å². The van der Waals surface area contributed by atoms with Crippen LogP contribution in [0.5, 0.6) is 0 Å². The Morgan fingerprint density at radius 2 is 2.00 bits per heavy atom. The van der Waals surface area contributed by atoms with E-state index >= 15 is 0 Å². The van der Waals surface area contributed by atoms with Gasteiger partial charge < -0.3 is 5.32 Å². The van der Waals surface area contributed by atoms with Crippen LogP contribution in [0.2, 0.25) is 0 Å². The molecule has 104 valence electrons. The van der Waals surface area contributed by atoms with E-state index in [1.165, 1.54) is 41.5 Å². The first-order valence-corrected chi connectivity index (χ1v) is 8.56. The summed E-state index contributed by atoms with van der Waals surface area (Å²) in [6, 6.07) is 10.4. The number of nitrogens with zero attached hydrogens (tertiary/aromatic N) is 1. The molecular weight excluding hydrogens is 347 g/mol. The largest absolute Gasteiger partial charge is 0.311 e. The lowest BCUT2D eigenvalue weighted by Crippen LogP contribution is -2.56. The van der Waals surface area contributed by atoms with E-state index in [9.17, 15) is 0 Å². The van der Waals surface area contributed by atoms with Crippen molar-refractivity contribution < 1.29 is 0 Å². The van der Waals surface area contributed by atoms with E-state index in [1.54, 1.807) is 0 Å². The molecule has 1 aliphatic heterocycles. The van der Waals surface area contributed by atoms with E-state index < -0.39 is 0 Å². The third-order valence-corrected chi connectivity index (χ3v) is 5.24.